The molecule has 1 aromatic carbocycles. The number of hydrogen-bond acceptors (Lipinski definition) is 5. The summed E-state index contributed by atoms with van der Waals surface area (Å²) in [4.78, 5) is 27.8. The van der Waals surface area contributed by atoms with E-state index in [4.69, 9.17) is 11.6 Å². The van der Waals surface area contributed by atoms with Gasteiger partial charge in [0.15, 0.2) is 5.78 Å². The van der Waals surface area contributed by atoms with E-state index in [1.54, 1.807) is 18.3 Å². The van der Waals surface area contributed by atoms with Crippen LogP contribution in [-0.4, -0.2) is 34.7 Å². The number of carbonyl (C=O) groups excluding carboxylic acids is 1. The van der Waals surface area contributed by atoms with Crippen LogP contribution in [0.2, 0.25) is 5.02 Å². The van der Waals surface area contributed by atoms with Gasteiger partial charge < -0.3 is 10.2 Å². The number of ketones is 1. The first-order valence-corrected chi connectivity index (χ1v) is 12.5. The summed E-state index contributed by atoms with van der Waals surface area (Å²) in [6.45, 7) is 12.9. The van der Waals surface area contributed by atoms with E-state index < -0.39 is 5.56 Å². The average molecular weight is 471 g/mol. The van der Waals surface area contributed by atoms with Gasteiger partial charge in [-0.05, 0) is 74.1 Å². The minimum Gasteiger partial charge on any atom is -0.379 e. The smallest absolute Gasteiger partial charge is 0.288 e. The molecule has 1 aromatic heterocycles. The highest BCUT2D eigenvalue weighted by Crippen LogP contribution is 2.61. The molecule has 0 unspecified atom stereocenters. The topological polar surface area (TPSA) is 67.2 Å². The lowest BCUT2D eigenvalue weighted by molar-refractivity contribution is -0.105. The third-order valence-corrected chi connectivity index (χ3v) is 8.66. The van der Waals surface area contributed by atoms with E-state index >= 15 is 0 Å². The molecule has 3 aliphatic rings. The van der Waals surface area contributed by atoms with Crippen molar-refractivity contribution < 1.29 is 4.79 Å². The van der Waals surface area contributed by atoms with Crippen molar-refractivity contribution in [2.24, 2.45) is 23.2 Å². The van der Waals surface area contributed by atoms with Crippen LogP contribution in [0.3, 0.4) is 0 Å². The van der Waals surface area contributed by atoms with Crippen LogP contribution in [0.25, 0.3) is 0 Å². The van der Waals surface area contributed by atoms with Gasteiger partial charge in [0.2, 0.25) is 0 Å². The van der Waals surface area contributed by atoms with Gasteiger partial charge >= 0.3 is 0 Å². The summed E-state index contributed by atoms with van der Waals surface area (Å²) < 4.78 is 1.15. The molecule has 0 aliphatic heterocycles. The molecule has 1 heterocycles. The lowest BCUT2D eigenvalue weighted by Gasteiger charge is -2.62. The van der Waals surface area contributed by atoms with Gasteiger partial charge in [0.1, 0.15) is 11.6 Å². The van der Waals surface area contributed by atoms with Crippen molar-refractivity contribution >= 4 is 28.8 Å². The number of hydrogen-bond donors (Lipinski definition) is 1. The first-order valence-electron chi connectivity index (χ1n) is 12.1. The van der Waals surface area contributed by atoms with Crippen molar-refractivity contribution in [1.29, 1.82) is 0 Å². The predicted molar refractivity (Wildman–Crippen MR) is 134 cm³/mol. The van der Waals surface area contributed by atoms with E-state index in [9.17, 15) is 9.59 Å². The summed E-state index contributed by atoms with van der Waals surface area (Å²) in [5.74, 6) is 1.72. The molecule has 3 fully saturated rings. The van der Waals surface area contributed by atoms with Gasteiger partial charge in [-0.2, -0.15) is 5.10 Å². The highest BCUT2D eigenvalue weighted by Gasteiger charge is 2.56. The van der Waals surface area contributed by atoms with Crippen molar-refractivity contribution in [2.75, 3.05) is 23.3 Å². The Morgan fingerprint density at radius 1 is 1.21 bits per heavy atom. The zero-order chi connectivity index (χ0) is 23.9. The van der Waals surface area contributed by atoms with Crippen LogP contribution < -0.4 is 15.8 Å². The molecule has 7 heteroatoms. The molecule has 4 atom stereocenters. The number of anilines is 2. The molecule has 1 N–H and O–H groups in total. The molecule has 3 aliphatic carbocycles. The van der Waals surface area contributed by atoms with Crippen molar-refractivity contribution in [3.8, 4) is 0 Å². The monoisotopic (exact) mass is 470 g/mol. The summed E-state index contributed by atoms with van der Waals surface area (Å²) in [5, 5.41) is 7.83. The van der Waals surface area contributed by atoms with Crippen molar-refractivity contribution in [3.05, 3.63) is 51.4 Å². The fraction of sp³-hybridized carbons (Fsp3) is 0.577. The Labute approximate surface area is 201 Å². The molecule has 6 nitrogen and oxygen atoms in total. The number of Topliss-reactive ketones (excluding diaryl/α,β-unsaturated/α-hetero) is 1. The van der Waals surface area contributed by atoms with Crippen LogP contribution >= 0.6 is 11.6 Å². The molecule has 3 saturated carbocycles. The molecule has 33 heavy (non-hydrogen) atoms. The summed E-state index contributed by atoms with van der Waals surface area (Å²) in [5.41, 5.74) is 2.14. The first-order chi connectivity index (χ1) is 15.7. The number of nitrogens with one attached hydrogen (secondary N) is 1. The third kappa shape index (κ3) is 4.30. The molecule has 2 aromatic rings. The third-order valence-electron chi connectivity index (χ3n) is 8.29. The Kier molecular flexibility index (Phi) is 6.59. The van der Waals surface area contributed by atoms with Gasteiger partial charge in [0.05, 0.1) is 11.9 Å². The maximum Gasteiger partial charge on any atom is 0.288 e. The van der Waals surface area contributed by atoms with Gasteiger partial charge in [-0.3, -0.25) is 9.59 Å². The van der Waals surface area contributed by atoms with Crippen molar-refractivity contribution in [3.63, 3.8) is 0 Å². The quantitative estimate of drug-likeness (QED) is 0.543. The van der Waals surface area contributed by atoms with Gasteiger partial charge in [-0.15, -0.1) is 0 Å². The molecule has 5 rings (SSSR count). The normalized spacial score (nSPS) is 25.3. The van der Waals surface area contributed by atoms with Crippen LogP contribution in [0.5, 0.6) is 0 Å². The van der Waals surface area contributed by atoms with Crippen LogP contribution in [-0.2, 0) is 6.54 Å². The predicted octanol–water partition coefficient (Wildman–Crippen LogP) is 5.11. The fourth-order valence-electron chi connectivity index (χ4n) is 5.89. The van der Waals surface area contributed by atoms with Gasteiger partial charge in [0.25, 0.3) is 5.56 Å². The molecule has 0 amide bonds. The SMILES string of the molecule is CCN(CC)c1ccc(C(=O)Cn2ncc(N[C@@H]3C[C@@H]4C[C@H]([C@H]3C)C4(C)C)c(Cl)c2=O)cc1. The molecule has 2 bridgehead atoms. The van der Waals surface area contributed by atoms with E-state index in [1.165, 1.54) is 6.42 Å². The summed E-state index contributed by atoms with van der Waals surface area (Å²) in [7, 11) is 0. The van der Waals surface area contributed by atoms with E-state index in [2.05, 4.69) is 49.9 Å². The Balaban J connectivity index is 1.44. The zero-order valence-electron chi connectivity index (χ0n) is 20.3. The standard InChI is InChI=1S/C26H35ClN4O2/c1-6-30(7-2)19-10-8-17(9-11-19)23(32)15-31-25(33)24(27)22(14-28-31)29-21-13-18-12-20(16(21)3)26(18,4)5/h8-11,14,16,18,20-21,29H,6-7,12-13,15H2,1-5H3/t16-,18+,20-,21-/m1/s1. The minimum absolute atomic E-state index is 0.0976. The Bertz CT molecular complexity index is 1070. The second-order valence-corrected chi connectivity index (χ2v) is 10.6. The number of fused-ring (bicyclic) bond motifs is 2. The van der Waals surface area contributed by atoms with Gasteiger partial charge in [-0.1, -0.05) is 32.4 Å². The first kappa shape index (κ1) is 23.8. The number of aromatic nitrogens is 2. The van der Waals surface area contributed by atoms with E-state index in [0.717, 1.165) is 29.9 Å². The molecule has 0 spiro atoms. The Hall–Kier alpha value is -2.34. The largest absolute Gasteiger partial charge is 0.379 e. The molecule has 0 saturated heterocycles. The number of benzene rings is 1. The zero-order valence-corrected chi connectivity index (χ0v) is 21.0. The second kappa shape index (κ2) is 9.13. The number of halogens is 1. The number of nitrogens with zero attached hydrogens (tertiary/aromatic N) is 3. The summed E-state index contributed by atoms with van der Waals surface area (Å²) >= 11 is 6.43. The van der Waals surface area contributed by atoms with E-state index in [1.807, 2.05) is 12.1 Å². The van der Waals surface area contributed by atoms with Crippen molar-refractivity contribution in [2.45, 2.75) is 60.0 Å². The Morgan fingerprint density at radius 2 is 1.88 bits per heavy atom. The van der Waals surface area contributed by atoms with Crippen LogP contribution in [0.15, 0.2) is 35.3 Å². The molecular formula is C26H35ClN4O2. The van der Waals surface area contributed by atoms with Gasteiger partial charge in [-0.25, -0.2) is 4.68 Å². The Morgan fingerprint density at radius 3 is 2.45 bits per heavy atom. The van der Waals surface area contributed by atoms with E-state index in [-0.39, 0.29) is 23.4 Å². The second-order valence-electron chi connectivity index (χ2n) is 10.2. The molecular weight excluding hydrogens is 436 g/mol. The lowest BCUT2D eigenvalue weighted by atomic mass is 9.45. The van der Waals surface area contributed by atoms with Gasteiger partial charge in [0, 0.05) is 30.4 Å². The fourth-order valence-corrected chi connectivity index (χ4v) is 6.09. The average Bonchev–Trinajstić information content (AvgIpc) is 2.80. The molecule has 0 radical (unpaired) electrons. The van der Waals surface area contributed by atoms with Crippen molar-refractivity contribution in [1.82, 2.24) is 9.78 Å². The van der Waals surface area contributed by atoms with Crippen LogP contribution in [0.4, 0.5) is 11.4 Å². The lowest BCUT2D eigenvalue weighted by Crippen LogP contribution is -2.58. The number of rotatable bonds is 8. The minimum atomic E-state index is -0.441. The molecule has 178 valence electrons. The maximum atomic E-state index is 12.8. The number of carbonyl (C=O) groups is 1. The highest BCUT2D eigenvalue weighted by atomic mass is 35.5. The summed E-state index contributed by atoms with van der Waals surface area (Å²) in [6.07, 6.45) is 3.95. The van der Waals surface area contributed by atoms with Crippen LogP contribution in [0.1, 0.15) is 57.8 Å². The maximum absolute atomic E-state index is 12.8. The summed E-state index contributed by atoms with van der Waals surface area (Å²) in [6, 6.07) is 7.76. The van der Waals surface area contributed by atoms with E-state index in [0.29, 0.717) is 34.4 Å². The highest BCUT2D eigenvalue weighted by molar-refractivity contribution is 6.32. The van der Waals surface area contributed by atoms with Crippen LogP contribution in [0, 0.1) is 23.2 Å².